The van der Waals surface area contributed by atoms with Gasteiger partial charge in [-0.3, -0.25) is 0 Å². The van der Waals surface area contributed by atoms with Gasteiger partial charge in [0.1, 0.15) is 5.82 Å². The van der Waals surface area contributed by atoms with E-state index in [0.717, 1.165) is 12.8 Å². The van der Waals surface area contributed by atoms with Crippen molar-refractivity contribution in [2.45, 2.75) is 56.7 Å². The minimum Gasteiger partial charge on any atom is -0.379 e. The van der Waals surface area contributed by atoms with Crippen LogP contribution < -0.4 is 5.32 Å². The van der Waals surface area contributed by atoms with E-state index in [4.69, 9.17) is 16.3 Å². The third-order valence-corrected chi connectivity index (χ3v) is 4.89. The molecule has 1 unspecified atom stereocenters. The number of para-hydroxylation sites is 1. The summed E-state index contributed by atoms with van der Waals surface area (Å²) in [6, 6.07) is 4.74. The first kappa shape index (κ1) is 14.2. The van der Waals surface area contributed by atoms with Crippen LogP contribution in [0.15, 0.2) is 18.2 Å². The van der Waals surface area contributed by atoms with Gasteiger partial charge in [-0.1, -0.05) is 36.9 Å². The molecule has 1 aromatic rings. The second-order valence-corrected chi connectivity index (χ2v) is 6.41. The highest BCUT2D eigenvalue weighted by molar-refractivity contribution is 6.33. The molecule has 1 spiro atoms. The number of halogens is 2. The van der Waals surface area contributed by atoms with Crippen molar-refractivity contribution >= 4 is 17.3 Å². The molecule has 0 aromatic heterocycles. The summed E-state index contributed by atoms with van der Waals surface area (Å²) in [6.45, 7) is 0.627. The Morgan fingerprint density at radius 1 is 1.25 bits per heavy atom. The molecular formula is C16H21ClFNO. The molecule has 1 aromatic carbocycles. The fourth-order valence-electron chi connectivity index (χ4n) is 3.49. The number of hydrogen-bond donors (Lipinski definition) is 1. The molecule has 20 heavy (non-hydrogen) atoms. The Labute approximate surface area is 124 Å². The summed E-state index contributed by atoms with van der Waals surface area (Å²) in [5, 5.41) is 3.54. The molecule has 1 saturated heterocycles. The van der Waals surface area contributed by atoms with Crippen molar-refractivity contribution in [1.29, 1.82) is 0 Å². The van der Waals surface area contributed by atoms with E-state index in [1.165, 1.54) is 38.2 Å². The maximum atomic E-state index is 13.7. The monoisotopic (exact) mass is 297 g/mol. The quantitative estimate of drug-likeness (QED) is 0.867. The molecule has 1 N–H and O–H groups in total. The van der Waals surface area contributed by atoms with E-state index in [-0.39, 0.29) is 17.5 Å². The topological polar surface area (TPSA) is 21.3 Å². The van der Waals surface area contributed by atoms with Crippen molar-refractivity contribution in [3.63, 3.8) is 0 Å². The first-order valence-corrected chi connectivity index (χ1v) is 7.92. The maximum absolute atomic E-state index is 13.7. The van der Waals surface area contributed by atoms with E-state index in [2.05, 4.69) is 5.32 Å². The van der Waals surface area contributed by atoms with Crippen LogP contribution in [0, 0.1) is 5.82 Å². The summed E-state index contributed by atoms with van der Waals surface area (Å²) >= 11 is 6.01. The molecule has 0 radical (unpaired) electrons. The molecule has 4 heteroatoms. The molecule has 0 bridgehead atoms. The fourth-order valence-corrected chi connectivity index (χ4v) is 3.72. The summed E-state index contributed by atoms with van der Waals surface area (Å²) in [5.74, 6) is -0.303. The lowest BCUT2D eigenvalue weighted by Gasteiger charge is -2.33. The van der Waals surface area contributed by atoms with E-state index < -0.39 is 0 Å². The molecule has 1 heterocycles. The zero-order valence-corrected chi connectivity index (χ0v) is 12.4. The predicted molar refractivity (Wildman–Crippen MR) is 79.8 cm³/mol. The number of nitrogens with one attached hydrogen (secondary N) is 1. The van der Waals surface area contributed by atoms with Crippen LogP contribution in [0.5, 0.6) is 0 Å². The van der Waals surface area contributed by atoms with Gasteiger partial charge in [-0.25, -0.2) is 4.39 Å². The summed E-state index contributed by atoms with van der Waals surface area (Å²) in [6.07, 6.45) is 8.62. The van der Waals surface area contributed by atoms with Gasteiger partial charge in [0, 0.05) is 6.54 Å². The van der Waals surface area contributed by atoms with Crippen molar-refractivity contribution in [1.82, 2.24) is 0 Å². The summed E-state index contributed by atoms with van der Waals surface area (Å²) < 4.78 is 19.9. The van der Waals surface area contributed by atoms with Crippen LogP contribution in [0.1, 0.15) is 44.9 Å². The number of anilines is 1. The summed E-state index contributed by atoms with van der Waals surface area (Å²) in [7, 11) is 0. The molecular weight excluding hydrogens is 277 g/mol. The third-order valence-electron chi connectivity index (χ3n) is 4.57. The van der Waals surface area contributed by atoms with Crippen LogP contribution >= 0.6 is 11.6 Å². The molecule has 3 rings (SSSR count). The number of hydrogen-bond acceptors (Lipinski definition) is 2. The average molecular weight is 298 g/mol. The molecule has 2 fully saturated rings. The van der Waals surface area contributed by atoms with Crippen LogP contribution in [-0.4, -0.2) is 18.2 Å². The lowest BCUT2D eigenvalue weighted by molar-refractivity contribution is -0.0588. The minimum absolute atomic E-state index is 0.115. The molecule has 1 atom stereocenters. The highest BCUT2D eigenvalue weighted by atomic mass is 35.5. The highest BCUT2D eigenvalue weighted by Gasteiger charge is 2.40. The van der Waals surface area contributed by atoms with E-state index in [1.54, 1.807) is 12.1 Å². The standard InChI is InChI=1S/C16H21ClFNO/c17-13-5-4-6-14(18)15(13)19-11-12-7-10-16(20-12)8-2-1-3-9-16/h4-6,12,19H,1-3,7-11H2. The minimum atomic E-state index is -0.303. The normalized spacial score (nSPS) is 25.0. The Bertz CT molecular complexity index is 453. The summed E-state index contributed by atoms with van der Waals surface area (Å²) in [4.78, 5) is 0. The van der Waals surface area contributed by atoms with Crippen molar-refractivity contribution in [3.05, 3.63) is 29.0 Å². The van der Waals surface area contributed by atoms with E-state index in [9.17, 15) is 4.39 Å². The Morgan fingerprint density at radius 3 is 2.80 bits per heavy atom. The van der Waals surface area contributed by atoms with E-state index in [1.807, 2.05) is 0 Å². The van der Waals surface area contributed by atoms with E-state index in [0.29, 0.717) is 17.3 Å². The molecule has 1 aliphatic heterocycles. The smallest absolute Gasteiger partial charge is 0.147 e. The van der Waals surface area contributed by atoms with Gasteiger partial charge >= 0.3 is 0 Å². The van der Waals surface area contributed by atoms with Crippen molar-refractivity contribution in [2.75, 3.05) is 11.9 Å². The molecule has 2 nitrogen and oxygen atoms in total. The van der Waals surface area contributed by atoms with Crippen LogP contribution in [0.3, 0.4) is 0 Å². The molecule has 2 aliphatic rings. The maximum Gasteiger partial charge on any atom is 0.147 e. The van der Waals surface area contributed by atoms with Gasteiger partial charge in [-0.05, 0) is 37.8 Å². The van der Waals surface area contributed by atoms with Crippen LogP contribution in [0.25, 0.3) is 0 Å². The van der Waals surface area contributed by atoms with Gasteiger partial charge in [-0.15, -0.1) is 0 Å². The lowest BCUT2D eigenvalue weighted by Crippen LogP contribution is -2.33. The number of ether oxygens (including phenoxy) is 1. The fraction of sp³-hybridized carbons (Fsp3) is 0.625. The third kappa shape index (κ3) is 2.94. The van der Waals surface area contributed by atoms with Crippen LogP contribution in [0.4, 0.5) is 10.1 Å². The second-order valence-electron chi connectivity index (χ2n) is 6.00. The average Bonchev–Trinajstić information content (AvgIpc) is 2.82. The number of rotatable bonds is 3. The Morgan fingerprint density at radius 2 is 2.05 bits per heavy atom. The summed E-state index contributed by atoms with van der Waals surface area (Å²) in [5.41, 5.74) is 0.506. The zero-order chi connectivity index (χ0) is 14.0. The van der Waals surface area contributed by atoms with Gasteiger partial charge in [0.2, 0.25) is 0 Å². The van der Waals surface area contributed by atoms with Crippen LogP contribution in [0.2, 0.25) is 5.02 Å². The largest absolute Gasteiger partial charge is 0.379 e. The highest BCUT2D eigenvalue weighted by Crippen LogP contribution is 2.42. The second kappa shape index (κ2) is 5.90. The molecule has 110 valence electrons. The van der Waals surface area contributed by atoms with Gasteiger partial charge in [-0.2, -0.15) is 0 Å². The van der Waals surface area contributed by atoms with Crippen molar-refractivity contribution in [2.24, 2.45) is 0 Å². The van der Waals surface area contributed by atoms with Gasteiger partial charge < -0.3 is 10.1 Å². The molecule has 1 saturated carbocycles. The van der Waals surface area contributed by atoms with Crippen molar-refractivity contribution < 1.29 is 9.13 Å². The zero-order valence-electron chi connectivity index (χ0n) is 11.6. The number of benzene rings is 1. The lowest BCUT2D eigenvalue weighted by atomic mass is 9.83. The Hall–Kier alpha value is -0.800. The van der Waals surface area contributed by atoms with E-state index >= 15 is 0 Å². The van der Waals surface area contributed by atoms with Gasteiger partial charge in [0.25, 0.3) is 0 Å². The van der Waals surface area contributed by atoms with Crippen molar-refractivity contribution in [3.8, 4) is 0 Å². The van der Waals surface area contributed by atoms with Gasteiger partial charge in [0.05, 0.1) is 22.4 Å². The van der Waals surface area contributed by atoms with Gasteiger partial charge in [0.15, 0.2) is 0 Å². The first-order valence-electron chi connectivity index (χ1n) is 7.54. The molecule has 1 aliphatic carbocycles. The molecule has 0 amide bonds. The Kier molecular flexibility index (Phi) is 4.18. The first-order chi connectivity index (χ1) is 9.69. The van der Waals surface area contributed by atoms with Crippen LogP contribution in [-0.2, 0) is 4.74 Å². The SMILES string of the molecule is Fc1cccc(Cl)c1NCC1CCC2(CCCCC2)O1. The predicted octanol–water partition coefficient (Wildman–Crippen LogP) is 4.77. The Balaban J connectivity index is 1.57.